The van der Waals surface area contributed by atoms with Gasteiger partial charge in [-0.3, -0.25) is 0 Å². The summed E-state index contributed by atoms with van der Waals surface area (Å²) in [4.78, 5) is 0. The highest BCUT2D eigenvalue weighted by Gasteiger charge is 2.26. The predicted octanol–water partition coefficient (Wildman–Crippen LogP) is 6.94. The first-order valence-electron chi connectivity index (χ1n) is 12.9. The summed E-state index contributed by atoms with van der Waals surface area (Å²) in [5.74, 6) is 3.56. The summed E-state index contributed by atoms with van der Waals surface area (Å²) in [7, 11) is 8.35. The van der Waals surface area contributed by atoms with E-state index >= 15 is 0 Å². The predicted molar refractivity (Wildman–Crippen MR) is 154 cm³/mol. The van der Waals surface area contributed by atoms with Crippen LogP contribution in [0.15, 0.2) is 24.3 Å². The van der Waals surface area contributed by atoms with E-state index in [1.54, 1.807) is 35.5 Å². The molecule has 0 radical (unpaired) electrons. The molecular weight excluding hydrogens is 480 g/mol. The maximum atomic E-state index is 10.1. The van der Waals surface area contributed by atoms with E-state index in [2.05, 4.69) is 39.8 Å². The van der Waals surface area contributed by atoms with E-state index in [0.717, 1.165) is 90.6 Å². The monoisotopic (exact) mass is 518 g/mol. The molecule has 202 valence electrons. The number of aryl methyl sites for hydroxylation is 4. The lowest BCUT2D eigenvalue weighted by Crippen LogP contribution is -2.04. The molecule has 0 unspecified atom stereocenters. The van der Waals surface area contributed by atoms with Gasteiger partial charge < -0.3 is 28.8 Å². The number of aliphatic hydroxyl groups is 1. The van der Waals surface area contributed by atoms with Crippen LogP contribution in [0.1, 0.15) is 41.7 Å². The first-order valence-corrected chi connectivity index (χ1v) is 12.9. The molecule has 0 atom stereocenters. The third kappa shape index (κ3) is 4.08. The van der Waals surface area contributed by atoms with Crippen LogP contribution in [0.2, 0.25) is 0 Å². The Morgan fingerprint density at radius 1 is 0.526 bits per heavy atom. The average Bonchev–Trinajstić information content (AvgIpc) is 2.93. The number of methoxy groups -OCH3 is 5. The summed E-state index contributed by atoms with van der Waals surface area (Å²) in [6, 6.07) is 8.33. The Morgan fingerprint density at radius 2 is 0.974 bits per heavy atom. The third-order valence-electron chi connectivity index (χ3n) is 7.56. The van der Waals surface area contributed by atoms with Crippen LogP contribution >= 0.6 is 0 Å². The minimum atomic E-state index is -0.0892. The molecule has 0 bridgehead atoms. The van der Waals surface area contributed by atoms with E-state index in [9.17, 15) is 5.11 Å². The molecule has 0 saturated heterocycles. The van der Waals surface area contributed by atoms with Gasteiger partial charge in [0.2, 0.25) is 0 Å². The van der Waals surface area contributed by atoms with E-state index in [1.807, 2.05) is 12.1 Å². The average molecular weight is 519 g/mol. The van der Waals surface area contributed by atoms with Crippen molar-refractivity contribution < 1.29 is 28.8 Å². The quantitative estimate of drug-likeness (QED) is 0.259. The Labute approximate surface area is 225 Å². The molecule has 4 rings (SSSR count). The summed E-state index contributed by atoms with van der Waals surface area (Å²) in [5, 5.41) is 14.1. The van der Waals surface area contributed by atoms with Gasteiger partial charge in [-0.05, 0) is 66.3 Å². The van der Waals surface area contributed by atoms with E-state index in [1.165, 1.54) is 0 Å². The van der Waals surface area contributed by atoms with Crippen molar-refractivity contribution in [2.45, 2.75) is 47.1 Å². The lowest BCUT2D eigenvalue weighted by atomic mass is 9.86. The number of rotatable bonds is 9. The zero-order valence-corrected chi connectivity index (χ0v) is 23.9. The van der Waals surface area contributed by atoms with Crippen LogP contribution in [0.3, 0.4) is 0 Å². The minimum absolute atomic E-state index is 0.0892. The number of hydrogen-bond donors (Lipinski definition) is 1. The maximum Gasteiger partial charge on any atom is 0.164 e. The van der Waals surface area contributed by atoms with E-state index in [-0.39, 0.29) is 6.61 Å². The summed E-state index contributed by atoms with van der Waals surface area (Å²) in [6.45, 7) is 8.31. The molecule has 0 spiro atoms. The van der Waals surface area contributed by atoms with Crippen molar-refractivity contribution in [2.75, 3.05) is 35.5 Å². The fraction of sp³-hybridized carbons (Fsp3) is 0.375. The number of benzene rings is 4. The van der Waals surface area contributed by atoms with Crippen LogP contribution in [0.5, 0.6) is 28.7 Å². The van der Waals surface area contributed by atoms with Gasteiger partial charge >= 0.3 is 0 Å². The molecule has 6 nitrogen and oxygen atoms in total. The number of fused-ring (bicyclic) bond motifs is 2. The van der Waals surface area contributed by atoms with Crippen molar-refractivity contribution in [3.05, 3.63) is 52.1 Å². The highest BCUT2D eigenvalue weighted by atomic mass is 16.5. The Kier molecular flexibility index (Phi) is 7.93. The van der Waals surface area contributed by atoms with Gasteiger partial charge in [0.05, 0.1) is 42.2 Å². The normalized spacial score (nSPS) is 11.2. The second kappa shape index (κ2) is 11.0. The molecule has 0 saturated carbocycles. The lowest BCUT2D eigenvalue weighted by molar-refractivity contribution is 0.273. The molecule has 4 aromatic carbocycles. The van der Waals surface area contributed by atoms with Crippen molar-refractivity contribution in [2.24, 2.45) is 0 Å². The lowest BCUT2D eigenvalue weighted by Gasteiger charge is -2.24. The van der Waals surface area contributed by atoms with Gasteiger partial charge in [-0.15, -0.1) is 0 Å². The fourth-order valence-electron chi connectivity index (χ4n) is 5.92. The second-order valence-electron chi connectivity index (χ2n) is 9.39. The molecule has 1 N–H and O–H groups in total. The van der Waals surface area contributed by atoms with Gasteiger partial charge in [0.25, 0.3) is 0 Å². The third-order valence-corrected chi connectivity index (χ3v) is 7.56. The fourth-order valence-corrected chi connectivity index (χ4v) is 5.92. The Morgan fingerprint density at radius 3 is 1.37 bits per heavy atom. The van der Waals surface area contributed by atoms with Crippen LogP contribution in [-0.4, -0.2) is 40.7 Å². The van der Waals surface area contributed by atoms with Crippen LogP contribution in [0.25, 0.3) is 32.7 Å². The first kappa shape index (κ1) is 27.4. The largest absolute Gasteiger partial charge is 0.496 e. The molecule has 0 aliphatic carbocycles. The molecule has 38 heavy (non-hydrogen) atoms. The van der Waals surface area contributed by atoms with Crippen molar-refractivity contribution >= 4 is 21.5 Å². The summed E-state index contributed by atoms with van der Waals surface area (Å²) < 4.78 is 29.5. The Bertz CT molecular complexity index is 1400. The molecule has 6 heteroatoms. The smallest absolute Gasteiger partial charge is 0.164 e. The first-order chi connectivity index (χ1) is 18.3. The summed E-state index contributed by atoms with van der Waals surface area (Å²) >= 11 is 0. The van der Waals surface area contributed by atoms with Gasteiger partial charge in [0.1, 0.15) is 17.2 Å². The Hall–Kier alpha value is -3.64. The zero-order valence-electron chi connectivity index (χ0n) is 23.9. The van der Waals surface area contributed by atoms with Crippen LogP contribution < -0.4 is 23.7 Å². The highest BCUT2D eigenvalue weighted by molar-refractivity contribution is 6.06. The zero-order chi connectivity index (χ0) is 27.7. The maximum absolute atomic E-state index is 10.1. The molecular formula is C32H38O6. The van der Waals surface area contributed by atoms with Crippen LogP contribution in [-0.2, 0) is 19.4 Å². The van der Waals surface area contributed by atoms with Crippen molar-refractivity contribution in [1.29, 1.82) is 0 Å². The van der Waals surface area contributed by atoms with Crippen molar-refractivity contribution in [3.63, 3.8) is 0 Å². The molecule has 0 aromatic heterocycles. The molecule has 0 fully saturated rings. The Balaban J connectivity index is 2.20. The van der Waals surface area contributed by atoms with Gasteiger partial charge in [0.15, 0.2) is 11.5 Å². The van der Waals surface area contributed by atoms with E-state index < -0.39 is 0 Å². The van der Waals surface area contributed by atoms with Crippen LogP contribution in [0.4, 0.5) is 0 Å². The molecule has 0 amide bonds. The topological polar surface area (TPSA) is 66.4 Å². The molecule has 0 heterocycles. The van der Waals surface area contributed by atoms with Gasteiger partial charge in [-0.2, -0.15) is 0 Å². The van der Waals surface area contributed by atoms with Gasteiger partial charge in [0, 0.05) is 33.0 Å². The number of aliphatic hydroxyl groups excluding tert-OH is 1. The molecule has 0 aliphatic heterocycles. The summed E-state index contributed by atoms with van der Waals surface area (Å²) in [6.07, 6.45) is 1.54. The molecule has 4 aromatic rings. The highest BCUT2D eigenvalue weighted by Crippen LogP contribution is 2.51. The van der Waals surface area contributed by atoms with E-state index in [0.29, 0.717) is 11.5 Å². The number of hydrogen-bond acceptors (Lipinski definition) is 6. The summed E-state index contributed by atoms with van der Waals surface area (Å²) in [5.41, 5.74) is 6.98. The second-order valence-corrected chi connectivity index (χ2v) is 9.39. The number of ether oxygens (including phenoxy) is 5. The van der Waals surface area contributed by atoms with Crippen LogP contribution in [0, 0.1) is 13.8 Å². The van der Waals surface area contributed by atoms with Gasteiger partial charge in [-0.1, -0.05) is 26.0 Å². The van der Waals surface area contributed by atoms with E-state index in [4.69, 9.17) is 23.7 Å². The minimum Gasteiger partial charge on any atom is -0.496 e. The SMILES string of the molecule is CCc1c(CO)c(OC)cc2c(OC)c(-c3c(C)cc4c(CC)c(OC)c(OC)cc4c3OC)c(C)cc12. The van der Waals surface area contributed by atoms with Crippen molar-refractivity contribution in [1.82, 2.24) is 0 Å². The van der Waals surface area contributed by atoms with Crippen molar-refractivity contribution in [3.8, 4) is 39.9 Å². The van der Waals surface area contributed by atoms with Gasteiger partial charge in [-0.25, -0.2) is 0 Å². The molecule has 0 aliphatic rings. The standard InChI is InChI=1S/C32H38O6/c1-10-19-21-12-17(3)28(31(37-8)23(21)14-26(34-5)25(19)16-33)29-18(4)13-22-20(11-2)30(36-7)27(35-6)15-24(22)32(29)38-9/h12-15,33H,10-11,16H2,1-9H3.